The van der Waals surface area contributed by atoms with Crippen molar-refractivity contribution in [3.05, 3.63) is 53.6 Å². The molecule has 4 nitrogen and oxygen atoms in total. The molecule has 25 heavy (non-hydrogen) atoms. The summed E-state index contributed by atoms with van der Waals surface area (Å²) in [5.74, 6) is -0.0171. The Morgan fingerprint density at radius 2 is 2.00 bits per heavy atom. The summed E-state index contributed by atoms with van der Waals surface area (Å²) in [4.78, 5) is 19.6. The molecule has 1 fully saturated rings. The van der Waals surface area contributed by atoms with Crippen LogP contribution in [-0.4, -0.2) is 34.9 Å². The van der Waals surface area contributed by atoms with Crippen LogP contribution in [0.15, 0.2) is 36.4 Å². The maximum Gasteiger partial charge on any atom is 0.273 e. The number of hydrogen-bond donors (Lipinski definition) is 1. The van der Waals surface area contributed by atoms with Gasteiger partial charge in [0.2, 0.25) is 0 Å². The van der Waals surface area contributed by atoms with Crippen LogP contribution < -0.4 is 5.73 Å². The van der Waals surface area contributed by atoms with E-state index in [1.165, 1.54) is 12.1 Å². The predicted octanol–water partition coefficient (Wildman–Crippen LogP) is 3.40. The van der Waals surface area contributed by atoms with Crippen molar-refractivity contribution in [2.45, 2.75) is 32.7 Å². The minimum Gasteiger partial charge on any atom is -0.333 e. The number of hydrogen-bond acceptors (Lipinski definition) is 3. The van der Waals surface area contributed by atoms with Gasteiger partial charge in [0, 0.05) is 30.4 Å². The highest BCUT2D eigenvalue weighted by Gasteiger charge is 2.33. The van der Waals surface area contributed by atoms with E-state index in [4.69, 9.17) is 5.73 Å². The number of rotatable bonds is 3. The molecule has 5 heteroatoms. The van der Waals surface area contributed by atoms with Crippen LogP contribution in [0.1, 0.15) is 35.9 Å². The molecule has 3 rings (SSSR count). The van der Waals surface area contributed by atoms with Crippen molar-refractivity contribution in [1.82, 2.24) is 9.88 Å². The summed E-state index contributed by atoms with van der Waals surface area (Å²) in [5.41, 5.74) is 8.65. The second kappa shape index (κ2) is 7.31. The molecule has 2 heterocycles. The first kappa shape index (κ1) is 17.5. The SMILES string of the molecule is Cc1ccc(-c2ccc(F)cc2)c(C(=O)N2CCC[C@@H](C)[C@H]2CN)n1. The third-order valence-corrected chi connectivity index (χ3v) is 5.01. The van der Waals surface area contributed by atoms with Gasteiger partial charge in [0.05, 0.1) is 0 Å². The van der Waals surface area contributed by atoms with Gasteiger partial charge in [-0.1, -0.05) is 25.1 Å². The highest BCUT2D eigenvalue weighted by atomic mass is 19.1. The molecule has 132 valence electrons. The Bertz CT molecular complexity index is 760. The van der Waals surface area contributed by atoms with Crippen molar-refractivity contribution >= 4 is 5.91 Å². The largest absolute Gasteiger partial charge is 0.333 e. The highest BCUT2D eigenvalue weighted by Crippen LogP contribution is 2.28. The van der Waals surface area contributed by atoms with Crippen LogP contribution in [0.25, 0.3) is 11.1 Å². The number of pyridine rings is 1. The molecule has 1 aliphatic heterocycles. The number of halogens is 1. The van der Waals surface area contributed by atoms with Gasteiger partial charge in [0.25, 0.3) is 5.91 Å². The first-order valence-corrected chi connectivity index (χ1v) is 8.76. The zero-order valence-corrected chi connectivity index (χ0v) is 14.7. The Labute approximate surface area is 147 Å². The molecule has 1 aromatic heterocycles. The number of aromatic nitrogens is 1. The standard InChI is InChI=1S/C20H24FN3O/c1-13-4-3-11-24(18(13)12-22)20(25)19-17(10-5-14(2)23-19)15-6-8-16(21)9-7-15/h5-10,13,18H,3-4,11-12,22H2,1-2H3/t13-,18-/m1/s1. The Morgan fingerprint density at radius 3 is 2.68 bits per heavy atom. The highest BCUT2D eigenvalue weighted by molar-refractivity contribution is 5.99. The van der Waals surface area contributed by atoms with Gasteiger partial charge in [-0.3, -0.25) is 4.79 Å². The lowest BCUT2D eigenvalue weighted by Crippen LogP contribution is -2.51. The zero-order chi connectivity index (χ0) is 18.0. The van der Waals surface area contributed by atoms with E-state index in [-0.39, 0.29) is 17.8 Å². The van der Waals surface area contributed by atoms with Crippen LogP contribution in [0.3, 0.4) is 0 Å². The molecule has 1 saturated heterocycles. The number of aryl methyl sites for hydroxylation is 1. The van der Waals surface area contributed by atoms with Crippen molar-refractivity contribution in [3.63, 3.8) is 0 Å². The van der Waals surface area contributed by atoms with E-state index in [1.807, 2.05) is 24.0 Å². The van der Waals surface area contributed by atoms with Gasteiger partial charge in [-0.15, -0.1) is 0 Å². The second-order valence-corrected chi connectivity index (χ2v) is 6.78. The molecule has 2 atom stereocenters. The molecule has 0 spiro atoms. The van der Waals surface area contributed by atoms with Crippen molar-refractivity contribution < 1.29 is 9.18 Å². The fraction of sp³-hybridized carbons (Fsp3) is 0.400. The Balaban J connectivity index is 2.02. The third-order valence-electron chi connectivity index (χ3n) is 5.01. The quantitative estimate of drug-likeness (QED) is 0.931. The zero-order valence-electron chi connectivity index (χ0n) is 14.7. The Hall–Kier alpha value is -2.27. The first-order valence-electron chi connectivity index (χ1n) is 8.76. The summed E-state index contributed by atoms with van der Waals surface area (Å²) in [6.45, 7) is 5.15. The average Bonchev–Trinajstić information content (AvgIpc) is 2.61. The molecule has 0 saturated carbocycles. The molecule has 1 amide bonds. The average molecular weight is 341 g/mol. The number of likely N-dealkylation sites (tertiary alicyclic amines) is 1. The molecule has 2 N–H and O–H groups in total. The van der Waals surface area contributed by atoms with E-state index in [0.717, 1.165) is 29.7 Å². The summed E-state index contributed by atoms with van der Waals surface area (Å²) in [6, 6.07) is 9.94. The molecule has 0 radical (unpaired) electrons. The third kappa shape index (κ3) is 3.56. The van der Waals surface area contributed by atoms with E-state index in [2.05, 4.69) is 11.9 Å². The number of piperidine rings is 1. The van der Waals surface area contributed by atoms with Crippen LogP contribution in [0.5, 0.6) is 0 Å². The Kier molecular flexibility index (Phi) is 5.13. The minimum atomic E-state index is -0.301. The normalized spacial score (nSPS) is 20.6. The van der Waals surface area contributed by atoms with Crippen LogP contribution in [0.2, 0.25) is 0 Å². The fourth-order valence-corrected chi connectivity index (χ4v) is 3.58. The summed E-state index contributed by atoms with van der Waals surface area (Å²) in [6.07, 6.45) is 2.05. The van der Waals surface area contributed by atoms with E-state index in [9.17, 15) is 9.18 Å². The van der Waals surface area contributed by atoms with E-state index in [1.54, 1.807) is 12.1 Å². The number of nitrogens with two attached hydrogens (primary N) is 1. The lowest BCUT2D eigenvalue weighted by Gasteiger charge is -2.39. The van der Waals surface area contributed by atoms with E-state index < -0.39 is 0 Å². The number of nitrogens with zero attached hydrogens (tertiary/aromatic N) is 2. The maximum absolute atomic E-state index is 13.3. The second-order valence-electron chi connectivity index (χ2n) is 6.78. The van der Waals surface area contributed by atoms with E-state index in [0.29, 0.717) is 24.7 Å². The van der Waals surface area contributed by atoms with Crippen LogP contribution in [0, 0.1) is 18.7 Å². The van der Waals surface area contributed by atoms with Gasteiger partial charge in [-0.2, -0.15) is 0 Å². The van der Waals surface area contributed by atoms with Crippen molar-refractivity contribution in [3.8, 4) is 11.1 Å². The smallest absolute Gasteiger partial charge is 0.273 e. The Morgan fingerprint density at radius 1 is 1.28 bits per heavy atom. The molecular formula is C20H24FN3O. The van der Waals surface area contributed by atoms with Gasteiger partial charge < -0.3 is 10.6 Å². The summed E-state index contributed by atoms with van der Waals surface area (Å²) in [7, 11) is 0. The molecule has 1 aliphatic rings. The number of benzene rings is 1. The topological polar surface area (TPSA) is 59.2 Å². The number of carbonyl (C=O) groups is 1. The van der Waals surface area contributed by atoms with Gasteiger partial charge >= 0.3 is 0 Å². The minimum absolute atomic E-state index is 0.0321. The van der Waals surface area contributed by atoms with E-state index >= 15 is 0 Å². The van der Waals surface area contributed by atoms with Crippen LogP contribution in [0.4, 0.5) is 4.39 Å². The lowest BCUT2D eigenvalue weighted by atomic mass is 9.90. The maximum atomic E-state index is 13.3. The van der Waals surface area contributed by atoms with Crippen molar-refractivity contribution in [2.24, 2.45) is 11.7 Å². The number of amides is 1. The molecular weight excluding hydrogens is 317 g/mol. The fourth-order valence-electron chi connectivity index (χ4n) is 3.58. The van der Waals surface area contributed by atoms with Gasteiger partial charge in [0.15, 0.2) is 0 Å². The molecule has 0 unspecified atom stereocenters. The van der Waals surface area contributed by atoms with Crippen molar-refractivity contribution in [1.29, 1.82) is 0 Å². The van der Waals surface area contributed by atoms with Gasteiger partial charge in [-0.05, 0) is 49.4 Å². The lowest BCUT2D eigenvalue weighted by molar-refractivity contribution is 0.0527. The molecule has 0 aliphatic carbocycles. The first-order chi connectivity index (χ1) is 12.0. The van der Waals surface area contributed by atoms with Crippen molar-refractivity contribution in [2.75, 3.05) is 13.1 Å². The summed E-state index contributed by atoms with van der Waals surface area (Å²) >= 11 is 0. The molecule has 2 aromatic rings. The van der Waals surface area contributed by atoms with Crippen LogP contribution in [-0.2, 0) is 0 Å². The summed E-state index contributed by atoms with van der Waals surface area (Å²) < 4.78 is 13.3. The molecule has 0 bridgehead atoms. The monoisotopic (exact) mass is 341 g/mol. The van der Waals surface area contributed by atoms with Crippen LogP contribution >= 0.6 is 0 Å². The number of carbonyl (C=O) groups excluding carboxylic acids is 1. The van der Waals surface area contributed by atoms with Gasteiger partial charge in [0.1, 0.15) is 11.5 Å². The predicted molar refractivity (Wildman–Crippen MR) is 96.6 cm³/mol. The summed E-state index contributed by atoms with van der Waals surface area (Å²) in [5, 5.41) is 0. The van der Waals surface area contributed by atoms with Gasteiger partial charge in [-0.25, -0.2) is 9.37 Å². The molecule has 1 aromatic carbocycles.